The van der Waals surface area contributed by atoms with Crippen LogP contribution in [0.1, 0.15) is 19.3 Å². The minimum absolute atomic E-state index is 0.0377. The van der Waals surface area contributed by atoms with Crippen molar-refractivity contribution in [1.29, 1.82) is 0 Å². The van der Waals surface area contributed by atoms with E-state index in [1.807, 2.05) is 65.6 Å². The third kappa shape index (κ3) is 5.09. The molecule has 2 aromatic carbocycles. The number of nitrogens with zero attached hydrogens (tertiary/aromatic N) is 1. The lowest BCUT2D eigenvalue weighted by molar-refractivity contribution is -0.135. The second-order valence-electron chi connectivity index (χ2n) is 6.42. The van der Waals surface area contributed by atoms with Gasteiger partial charge in [-0.3, -0.25) is 9.59 Å². The minimum atomic E-state index is -0.0418. The van der Waals surface area contributed by atoms with Gasteiger partial charge in [-0.25, -0.2) is 0 Å². The van der Waals surface area contributed by atoms with Crippen LogP contribution in [-0.4, -0.2) is 36.4 Å². The third-order valence-corrected chi connectivity index (χ3v) is 4.59. The monoisotopic (exact) mass is 352 g/mol. The topological polar surface area (TPSA) is 58.6 Å². The third-order valence-electron chi connectivity index (χ3n) is 4.59. The molecule has 0 saturated carbocycles. The van der Waals surface area contributed by atoms with E-state index in [4.69, 9.17) is 4.74 Å². The van der Waals surface area contributed by atoms with Crippen LogP contribution in [0, 0.1) is 5.92 Å². The van der Waals surface area contributed by atoms with E-state index < -0.39 is 0 Å². The van der Waals surface area contributed by atoms with Crippen molar-refractivity contribution in [3.8, 4) is 5.75 Å². The van der Waals surface area contributed by atoms with E-state index >= 15 is 0 Å². The Kier molecular flexibility index (Phi) is 6.25. The van der Waals surface area contributed by atoms with Crippen molar-refractivity contribution in [2.24, 2.45) is 5.92 Å². The van der Waals surface area contributed by atoms with Gasteiger partial charge in [0.15, 0.2) is 0 Å². The highest BCUT2D eigenvalue weighted by atomic mass is 16.5. The van der Waals surface area contributed by atoms with Crippen LogP contribution >= 0.6 is 0 Å². The summed E-state index contributed by atoms with van der Waals surface area (Å²) in [4.78, 5) is 26.5. The molecule has 5 heteroatoms. The van der Waals surface area contributed by atoms with Crippen molar-refractivity contribution in [1.82, 2.24) is 4.90 Å². The molecular formula is C21H24N2O3. The minimum Gasteiger partial charge on any atom is -0.493 e. The summed E-state index contributed by atoms with van der Waals surface area (Å²) in [6.45, 7) is 1.62. The molecule has 0 aromatic heterocycles. The maximum absolute atomic E-state index is 12.3. The smallest absolute Gasteiger partial charge is 0.227 e. The first-order chi connectivity index (χ1) is 12.7. The van der Waals surface area contributed by atoms with Gasteiger partial charge in [-0.1, -0.05) is 36.4 Å². The maximum atomic E-state index is 12.3. The lowest BCUT2D eigenvalue weighted by atomic mass is 9.95. The van der Waals surface area contributed by atoms with Gasteiger partial charge in [0.2, 0.25) is 11.8 Å². The van der Waals surface area contributed by atoms with Crippen molar-refractivity contribution in [3.63, 3.8) is 0 Å². The van der Waals surface area contributed by atoms with E-state index in [-0.39, 0.29) is 17.7 Å². The summed E-state index contributed by atoms with van der Waals surface area (Å²) >= 11 is 0. The average Bonchev–Trinajstić information content (AvgIpc) is 2.69. The first kappa shape index (κ1) is 18.0. The van der Waals surface area contributed by atoms with Crippen LogP contribution in [0.3, 0.4) is 0 Å². The number of ether oxygens (including phenoxy) is 1. The second-order valence-corrected chi connectivity index (χ2v) is 6.42. The fourth-order valence-electron chi connectivity index (χ4n) is 3.09. The molecule has 136 valence electrons. The summed E-state index contributed by atoms with van der Waals surface area (Å²) in [5.41, 5.74) is 0.814. The van der Waals surface area contributed by atoms with E-state index in [9.17, 15) is 9.59 Å². The Balaban J connectivity index is 1.38. The van der Waals surface area contributed by atoms with Gasteiger partial charge in [0.1, 0.15) is 5.75 Å². The fraction of sp³-hybridized carbons (Fsp3) is 0.333. The Morgan fingerprint density at radius 2 is 1.58 bits per heavy atom. The number of rotatable bonds is 6. The summed E-state index contributed by atoms with van der Waals surface area (Å²) < 4.78 is 5.58. The number of hydrogen-bond donors (Lipinski definition) is 1. The molecule has 1 aliphatic rings. The molecule has 1 heterocycles. The SMILES string of the molecule is O=C(Nc1ccccc1)C1CCN(C(=O)CCOc2ccccc2)CC1. The Labute approximate surface area is 154 Å². The summed E-state index contributed by atoms with van der Waals surface area (Å²) in [7, 11) is 0. The second kappa shape index (κ2) is 9.04. The molecule has 3 rings (SSSR count). The lowest BCUT2D eigenvalue weighted by Crippen LogP contribution is -2.41. The number of anilines is 1. The van der Waals surface area contributed by atoms with Gasteiger partial charge in [-0.2, -0.15) is 0 Å². The van der Waals surface area contributed by atoms with Crippen molar-refractivity contribution < 1.29 is 14.3 Å². The summed E-state index contributed by atoms with van der Waals surface area (Å²) in [6.07, 6.45) is 1.75. The standard InChI is InChI=1S/C21H24N2O3/c24-20(13-16-26-19-9-5-2-6-10-19)23-14-11-17(12-15-23)21(25)22-18-7-3-1-4-8-18/h1-10,17H,11-16H2,(H,22,25). The molecule has 1 aliphatic heterocycles. The first-order valence-corrected chi connectivity index (χ1v) is 9.04. The number of nitrogens with one attached hydrogen (secondary N) is 1. The van der Waals surface area contributed by atoms with E-state index in [1.54, 1.807) is 0 Å². The fourth-order valence-corrected chi connectivity index (χ4v) is 3.09. The van der Waals surface area contributed by atoms with Crippen LogP contribution in [0.4, 0.5) is 5.69 Å². The molecule has 1 fully saturated rings. The molecule has 1 saturated heterocycles. The molecule has 1 N–H and O–H groups in total. The molecular weight excluding hydrogens is 328 g/mol. The number of para-hydroxylation sites is 2. The number of piperidine rings is 1. The molecule has 5 nitrogen and oxygen atoms in total. The summed E-state index contributed by atoms with van der Waals surface area (Å²) in [5, 5.41) is 2.95. The molecule has 26 heavy (non-hydrogen) atoms. The van der Waals surface area contributed by atoms with Crippen molar-refractivity contribution >= 4 is 17.5 Å². The van der Waals surface area contributed by atoms with E-state index in [0.29, 0.717) is 39.0 Å². The Morgan fingerprint density at radius 1 is 0.962 bits per heavy atom. The van der Waals surface area contributed by atoms with Gasteiger partial charge in [0.05, 0.1) is 13.0 Å². The molecule has 2 amide bonds. The molecule has 0 radical (unpaired) electrons. The van der Waals surface area contributed by atoms with Gasteiger partial charge in [0.25, 0.3) is 0 Å². The average molecular weight is 352 g/mol. The van der Waals surface area contributed by atoms with Gasteiger partial charge in [-0.15, -0.1) is 0 Å². The van der Waals surface area contributed by atoms with Crippen molar-refractivity contribution in [2.45, 2.75) is 19.3 Å². The number of hydrogen-bond acceptors (Lipinski definition) is 3. The number of carbonyl (C=O) groups excluding carboxylic acids is 2. The number of likely N-dealkylation sites (tertiary alicyclic amines) is 1. The zero-order chi connectivity index (χ0) is 18.2. The van der Waals surface area contributed by atoms with E-state index in [1.165, 1.54) is 0 Å². The Hall–Kier alpha value is -2.82. The molecule has 0 bridgehead atoms. The van der Waals surface area contributed by atoms with Gasteiger partial charge in [-0.05, 0) is 37.1 Å². The molecule has 0 atom stereocenters. The predicted octanol–water partition coefficient (Wildman–Crippen LogP) is 3.33. The zero-order valence-electron chi connectivity index (χ0n) is 14.8. The van der Waals surface area contributed by atoms with Crippen LogP contribution in [-0.2, 0) is 9.59 Å². The molecule has 0 spiro atoms. The number of amides is 2. The van der Waals surface area contributed by atoms with Crippen LogP contribution in [0.5, 0.6) is 5.75 Å². The Morgan fingerprint density at radius 3 is 2.23 bits per heavy atom. The zero-order valence-corrected chi connectivity index (χ0v) is 14.8. The summed E-state index contributed by atoms with van der Waals surface area (Å²) in [6, 6.07) is 19.0. The molecule has 2 aromatic rings. The molecule has 0 aliphatic carbocycles. The maximum Gasteiger partial charge on any atom is 0.227 e. The van der Waals surface area contributed by atoms with Gasteiger partial charge in [0, 0.05) is 24.7 Å². The quantitative estimate of drug-likeness (QED) is 0.867. The van der Waals surface area contributed by atoms with E-state index in [2.05, 4.69) is 5.32 Å². The Bertz CT molecular complexity index is 711. The lowest BCUT2D eigenvalue weighted by Gasteiger charge is -2.31. The summed E-state index contributed by atoms with van der Waals surface area (Å²) in [5.74, 6) is 0.856. The van der Waals surface area contributed by atoms with Crippen LogP contribution in [0.25, 0.3) is 0 Å². The van der Waals surface area contributed by atoms with Crippen LogP contribution in [0.2, 0.25) is 0 Å². The first-order valence-electron chi connectivity index (χ1n) is 9.04. The highest BCUT2D eigenvalue weighted by Crippen LogP contribution is 2.20. The van der Waals surface area contributed by atoms with Gasteiger partial charge >= 0.3 is 0 Å². The predicted molar refractivity (Wildman–Crippen MR) is 101 cm³/mol. The van der Waals surface area contributed by atoms with Crippen molar-refractivity contribution in [2.75, 3.05) is 25.0 Å². The highest BCUT2D eigenvalue weighted by molar-refractivity contribution is 5.92. The normalized spacial score (nSPS) is 14.7. The number of benzene rings is 2. The number of carbonyl (C=O) groups is 2. The largest absolute Gasteiger partial charge is 0.493 e. The highest BCUT2D eigenvalue weighted by Gasteiger charge is 2.27. The molecule has 0 unspecified atom stereocenters. The van der Waals surface area contributed by atoms with Crippen molar-refractivity contribution in [3.05, 3.63) is 60.7 Å². The van der Waals surface area contributed by atoms with Gasteiger partial charge < -0.3 is 15.0 Å². The van der Waals surface area contributed by atoms with Crippen LogP contribution < -0.4 is 10.1 Å². The van der Waals surface area contributed by atoms with E-state index in [0.717, 1.165) is 11.4 Å². The van der Waals surface area contributed by atoms with Crippen LogP contribution in [0.15, 0.2) is 60.7 Å².